The maximum absolute atomic E-state index is 10.8. The van der Waals surface area contributed by atoms with Gasteiger partial charge in [-0.2, -0.15) is 0 Å². The zero-order valence-corrected chi connectivity index (χ0v) is 8.68. The van der Waals surface area contributed by atoms with Crippen LogP contribution in [0.5, 0.6) is 0 Å². The third-order valence-electron chi connectivity index (χ3n) is 2.50. The summed E-state index contributed by atoms with van der Waals surface area (Å²) in [5.41, 5.74) is 0. The topological polar surface area (TPSA) is 64.0 Å². The van der Waals surface area contributed by atoms with Crippen molar-refractivity contribution in [3.05, 3.63) is 0 Å². The second-order valence-electron chi connectivity index (χ2n) is 4.04. The second kappa shape index (κ2) is 4.72. The van der Waals surface area contributed by atoms with Crippen LogP contribution < -0.4 is 0 Å². The molecule has 14 heavy (non-hydrogen) atoms. The number of β-amino-alcohol motifs (C(OH)–C–C–N with tert-alkyl or cyclic N) is 1. The number of aliphatic hydroxyl groups is 1. The van der Waals surface area contributed by atoms with Gasteiger partial charge in [-0.1, -0.05) is 0 Å². The lowest BCUT2D eigenvalue weighted by Gasteiger charge is -2.22. The Morgan fingerprint density at radius 1 is 1.57 bits per heavy atom. The van der Waals surface area contributed by atoms with Gasteiger partial charge in [-0.05, 0) is 14.1 Å². The number of likely N-dealkylation sites (N-methyl/N-ethyl adjacent to an activating group) is 1. The van der Waals surface area contributed by atoms with Gasteiger partial charge in [0.25, 0.3) is 0 Å². The molecule has 2 unspecified atom stereocenters. The van der Waals surface area contributed by atoms with Crippen molar-refractivity contribution >= 4 is 5.97 Å². The number of aliphatic hydroxyl groups excluding tert-OH is 1. The zero-order chi connectivity index (χ0) is 10.7. The fourth-order valence-corrected chi connectivity index (χ4v) is 1.71. The summed E-state index contributed by atoms with van der Waals surface area (Å²) in [7, 11) is 3.89. The highest BCUT2D eigenvalue weighted by molar-refractivity contribution is 5.74. The van der Waals surface area contributed by atoms with Crippen molar-refractivity contribution in [2.24, 2.45) is 0 Å². The average molecular weight is 202 g/mol. The minimum Gasteiger partial charge on any atom is -0.480 e. The van der Waals surface area contributed by atoms with Crippen molar-refractivity contribution in [2.75, 3.05) is 33.7 Å². The Bertz CT molecular complexity index is 208. The second-order valence-corrected chi connectivity index (χ2v) is 4.04. The molecule has 5 heteroatoms. The Morgan fingerprint density at radius 3 is 2.71 bits per heavy atom. The Labute approximate surface area is 83.9 Å². The molecule has 0 amide bonds. The third kappa shape index (κ3) is 2.94. The molecule has 0 bridgehead atoms. The van der Waals surface area contributed by atoms with Crippen LogP contribution in [0, 0.1) is 0 Å². The van der Waals surface area contributed by atoms with Gasteiger partial charge in [0, 0.05) is 26.1 Å². The van der Waals surface area contributed by atoms with Crippen LogP contribution in [0.3, 0.4) is 0 Å². The molecule has 1 aliphatic heterocycles. The van der Waals surface area contributed by atoms with E-state index >= 15 is 0 Å². The van der Waals surface area contributed by atoms with Crippen molar-refractivity contribution in [2.45, 2.75) is 18.6 Å². The summed E-state index contributed by atoms with van der Waals surface area (Å²) in [6, 6.07) is -0.509. The van der Waals surface area contributed by atoms with Crippen LogP contribution in [0.4, 0.5) is 0 Å². The summed E-state index contributed by atoms with van der Waals surface area (Å²) in [6.07, 6.45) is -0.138. The number of aliphatic carboxylic acids is 1. The van der Waals surface area contributed by atoms with Crippen LogP contribution in [0.1, 0.15) is 6.42 Å². The Balaban J connectivity index is 2.45. The highest BCUT2D eigenvalue weighted by atomic mass is 16.4. The van der Waals surface area contributed by atoms with Crippen molar-refractivity contribution in [3.63, 3.8) is 0 Å². The predicted octanol–water partition coefficient (Wildman–Crippen LogP) is -0.932. The maximum atomic E-state index is 10.8. The van der Waals surface area contributed by atoms with Gasteiger partial charge in [0.15, 0.2) is 0 Å². The molecule has 2 N–H and O–H groups in total. The number of carboxylic acid groups (broad SMARTS) is 1. The summed E-state index contributed by atoms with van der Waals surface area (Å²) >= 11 is 0. The Kier molecular flexibility index (Phi) is 3.86. The van der Waals surface area contributed by atoms with Gasteiger partial charge in [0.05, 0.1) is 6.10 Å². The molecule has 0 aliphatic carbocycles. The molecule has 1 fully saturated rings. The molecular weight excluding hydrogens is 184 g/mol. The van der Waals surface area contributed by atoms with Gasteiger partial charge >= 0.3 is 5.97 Å². The molecule has 1 heterocycles. The van der Waals surface area contributed by atoms with Gasteiger partial charge in [-0.25, -0.2) is 0 Å². The summed E-state index contributed by atoms with van der Waals surface area (Å²) in [5.74, 6) is -0.833. The minimum atomic E-state index is -0.833. The third-order valence-corrected chi connectivity index (χ3v) is 2.50. The first kappa shape index (κ1) is 11.4. The molecular formula is C9H18N2O3. The molecule has 1 aliphatic rings. The van der Waals surface area contributed by atoms with E-state index in [2.05, 4.69) is 0 Å². The lowest BCUT2D eigenvalue weighted by Crippen LogP contribution is -2.39. The van der Waals surface area contributed by atoms with Crippen LogP contribution in [0.2, 0.25) is 0 Å². The smallest absolute Gasteiger partial charge is 0.321 e. The number of likely N-dealkylation sites (tertiary alicyclic amines) is 1. The van der Waals surface area contributed by atoms with Gasteiger partial charge in [-0.3, -0.25) is 9.69 Å². The molecule has 0 aromatic rings. The molecule has 0 spiro atoms. The first-order chi connectivity index (χ1) is 6.50. The SMILES string of the molecule is CN(C)CCN1CC(O)CC1C(=O)O. The molecule has 0 saturated carbocycles. The standard InChI is InChI=1S/C9H18N2O3/c1-10(2)3-4-11-6-7(12)5-8(11)9(13)14/h7-8,12H,3-6H2,1-2H3,(H,13,14). The summed E-state index contributed by atoms with van der Waals surface area (Å²) < 4.78 is 0. The monoisotopic (exact) mass is 202 g/mol. The van der Waals surface area contributed by atoms with Gasteiger partial charge in [0.1, 0.15) is 6.04 Å². The Hall–Kier alpha value is -0.650. The normalized spacial score (nSPS) is 28.6. The molecule has 1 rings (SSSR count). The minimum absolute atomic E-state index is 0.350. The van der Waals surface area contributed by atoms with Gasteiger partial charge < -0.3 is 15.1 Å². The van der Waals surface area contributed by atoms with Crippen molar-refractivity contribution in [1.29, 1.82) is 0 Å². The average Bonchev–Trinajstić information content (AvgIpc) is 2.43. The number of rotatable bonds is 4. The van der Waals surface area contributed by atoms with E-state index in [0.717, 1.165) is 6.54 Å². The van der Waals surface area contributed by atoms with Crippen LogP contribution >= 0.6 is 0 Å². The first-order valence-corrected chi connectivity index (χ1v) is 4.80. The van der Waals surface area contributed by atoms with Crippen LogP contribution in [-0.2, 0) is 4.79 Å². The van der Waals surface area contributed by atoms with Crippen molar-refractivity contribution in [1.82, 2.24) is 9.80 Å². The molecule has 0 aromatic carbocycles. The lowest BCUT2D eigenvalue weighted by atomic mass is 10.2. The van der Waals surface area contributed by atoms with E-state index in [1.807, 2.05) is 23.9 Å². The number of carbonyl (C=O) groups is 1. The maximum Gasteiger partial charge on any atom is 0.321 e. The summed E-state index contributed by atoms with van der Waals surface area (Å²) in [6.45, 7) is 1.99. The van der Waals surface area contributed by atoms with E-state index in [0.29, 0.717) is 19.5 Å². The summed E-state index contributed by atoms with van der Waals surface area (Å²) in [5, 5.41) is 18.3. The van der Waals surface area contributed by atoms with Crippen LogP contribution in [-0.4, -0.2) is 71.9 Å². The number of carboxylic acids is 1. The quantitative estimate of drug-likeness (QED) is 0.616. The Morgan fingerprint density at radius 2 is 2.21 bits per heavy atom. The molecule has 0 aromatic heterocycles. The highest BCUT2D eigenvalue weighted by Gasteiger charge is 2.35. The lowest BCUT2D eigenvalue weighted by molar-refractivity contribution is -0.142. The zero-order valence-electron chi connectivity index (χ0n) is 8.68. The van der Waals surface area contributed by atoms with E-state index in [-0.39, 0.29) is 0 Å². The van der Waals surface area contributed by atoms with Crippen molar-refractivity contribution in [3.8, 4) is 0 Å². The van der Waals surface area contributed by atoms with Gasteiger partial charge in [-0.15, -0.1) is 0 Å². The molecule has 0 radical (unpaired) electrons. The van der Waals surface area contributed by atoms with Crippen LogP contribution in [0.25, 0.3) is 0 Å². The van der Waals surface area contributed by atoms with Crippen LogP contribution in [0.15, 0.2) is 0 Å². The van der Waals surface area contributed by atoms with E-state index in [4.69, 9.17) is 5.11 Å². The summed E-state index contributed by atoms with van der Waals surface area (Å²) in [4.78, 5) is 14.7. The van der Waals surface area contributed by atoms with E-state index in [9.17, 15) is 9.90 Å². The first-order valence-electron chi connectivity index (χ1n) is 4.80. The molecule has 1 saturated heterocycles. The number of hydrogen-bond donors (Lipinski definition) is 2. The number of hydrogen-bond acceptors (Lipinski definition) is 4. The number of nitrogens with zero attached hydrogens (tertiary/aromatic N) is 2. The molecule has 2 atom stereocenters. The van der Waals surface area contributed by atoms with E-state index in [1.165, 1.54) is 0 Å². The molecule has 82 valence electrons. The fraction of sp³-hybridized carbons (Fsp3) is 0.889. The highest BCUT2D eigenvalue weighted by Crippen LogP contribution is 2.17. The van der Waals surface area contributed by atoms with E-state index < -0.39 is 18.1 Å². The van der Waals surface area contributed by atoms with Gasteiger partial charge in [0.2, 0.25) is 0 Å². The predicted molar refractivity (Wildman–Crippen MR) is 52.2 cm³/mol. The van der Waals surface area contributed by atoms with E-state index in [1.54, 1.807) is 0 Å². The fourth-order valence-electron chi connectivity index (χ4n) is 1.71. The van der Waals surface area contributed by atoms with Crippen molar-refractivity contribution < 1.29 is 15.0 Å². The largest absolute Gasteiger partial charge is 0.480 e. The molecule has 5 nitrogen and oxygen atoms in total.